The molecule has 1 aromatic heterocycles. The fourth-order valence-corrected chi connectivity index (χ4v) is 6.34. The van der Waals surface area contributed by atoms with E-state index < -0.39 is 0 Å². The highest BCUT2D eigenvalue weighted by atomic mass is 16.5. The van der Waals surface area contributed by atoms with Crippen molar-refractivity contribution in [3.05, 3.63) is 89.4 Å². The molecule has 6 heteroatoms. The third-order valence-electron chi connectivity index (χ3n) is 8.49. The summed E-state index contributed by atoms with van der Waals surface area (Å²) in [4.78, 5) is 12.1. The lowest BCUT2D eigenvalue weighted by atomic mass is 9.69. The average Bonchev–Trinajstić information content (AvgIpc) is 2.99. The van der Waals surface area contributed by atoms with Gasteiger partial charge in [-0.05, 0) is 76.8 Å². The predicted octanol–water partition coefficient (Wildman–Crippen LogP) is 5.78. The Morgan fingerprint density at radius 2 is 1.74 bits per heavy atom. The van der Waals surface area contributed by atoms with Gasteiger partial charge in [0.1, 0.15) is 30.3 Å². The Balaban J connectivity index is 1.35. The number of nitrogens with zero attached hydrogens (tertiary/aromatic N) is 3. The van der Waals surface area contributed by atoms with Crippen LogP contribution in [-0.2, 0) is 19.4 Å². The number of benzene rings is 3. The SMILES string of the molecule is COc1ccc(COc2cc(C3Cc4ncnc(N5CCNCC5)c4CC3C(C)C)c3ccccc3c2)cc1. The van der Waals surface area contributed by atoms with Gasteiger partial charge in [0.25, 0.3) is 0 Å². The van der Waals surface area contributed by atoms with Crippen LogP contribution in [0, 0.1) is 11.8 Å². The van der Waals surface area contributed by atoms with Crippen molar-refractivity contribution in [1.82, 2.24) is 15.3 Å². The van der Waals surface area contributed by atoms with E-state index in [4.69, 9.17) is 19.4 Å². The molecule has 0 radical (unpaired) electrons. The van der Waals surface area contributed by atoms with Crippen LogP contribution < -0.4 is 19.7 Å². The van der Waals surface area contributed by atoms with E-state index in [0.29, 0.717) is 24.4 Å². The van der Waals surface area contributed by atoms with Gasteiger partial charge in [0, 0.05) is 37.4 Å². The summed E-state index contributed by atoms with van der Waals surface area (Å²) >= 11 is 0. The first-order valence-electron chi connectivity index (χ1n) is 14.2. The Kier molecular flexibility index (Phi) is 7.38. The van der Waals surface area contributed by atoms with Crippen LogP contribution in [0.4, 0.5) is 5.82 Å². The van der Waals surface area contributed by atoms with E-state index in [1.165, 1.54) is 27.6 Å². The highest BCUT2D eigenvalue weighted by molar-refractivity contribution is 5.88. The van der Waals surface area contributed by atoms with Gasteiger partial charge >= 0.3 is 0 Å². The number of piperazine rings is 1. The van der Waals surface area contributed by atoms with Gasteiger partial charge in [-0.2, -0.15) is 0 Å². The lowest BCUT2D eigenvalue weighted by Crippen LogP contribution is -2.45. The van der Waals surface area contributed by atoms with Gasteiger partial charge in [-0.25, -0.2) is 9.97 Å². The summed E-state index contributed by atoms with van der Waals surface area (Å²) in [7, 11) is 1.69. The molecular weight excluding hydrogens is 484 g/mol. The van der Waals surface area contributed by atoms with Crippen molar-refractivity contribution in [3.63, 3.8) is 0 Å². The van der Waals surface area contributed by atoms with E-state index in [1.807, 2.05) is 12.1 Å². The van der Waals surface area contributed by atoms with Crippen LogP contribution in [0.15, 0.2) is 67.0 Å². The molecule has 202 valence electrons. The quantitative estimate of drug-likeness (QED) is 0.332. The summed E-state index contributed by atoms with van der Waals surface area (Å²) in [6.45, 7) is 9.25. The van der Waals surface area contributed by atoms with E-state index in [-0.39, 0.29) is 0 Å². The summed E-state index contributed by atoms with van der Waals surface area (Å²) in [6, 6.07) is 21.3. The van der Waals surface area contributed by atoms with Crippen molar-refractivity contribution in [2.24, 2.45) is 11.8 Å². The number of nitrogens with one attached hydrogen (secondary N) is 1. The molecule has 39 heavy (non-hydrogen) atoms. The van der Waals surface area contributed by atoms with E-state index in [0.717, 1.165) is 61.9 Å². The molecule has 6 nitrogen and oxygen atoms in total. The molecule has 1 aliphatic carbocycles. The maximum Gasteiger partial charge on any atom is 0.135 e. The molecule has 1 aliphatic heterocycles. The molecule has 2 heterocycles. The van der Waals surface area contributed by atoms with E-state index in [1.54, 1.807) is 13.4 Å². The number of rotatable bonds is 7. The number of fused-ring (bicyclic) bond motifs is 2. The zero-order chi connectivity index (χ0) is 26.8. The standard InChI is InChI=1S/C33H38N4O2/c1-22(2)28-18-31-32(35-21-36-33(31)37-14-12-34-13-15-37)19-30(28)29-17-26(16-24-6-4-5-7-27(24)29)39-20-23-8-10-25(38-3)11-9-23/h4-11,16-17,21-22,28,30,34H,12-15,18-20H2,1-3H3. The van der Waals surface area contributed by atoms with Crippen LogP contribution in [0.1, 0.15) is 42.1 Å². The summed E-state index contributed by atoms with van der Waals surface area (Å²) in [5, 5.41) is 6.00. The van der Waals surface area contributed by atoms with Crippen LogP contribution in [0.5, 0.6) is 11.5 Å². The molecule has 3 aromatic carbocycles. The summed E-state index contributed by atoms with van der Waals surface area (Å²) in [5.74, 6) is 4.29. The summed E-state index contributed by atoms with van der Waals surface area (Å²) in [6.07, 6.45) is 3.70. The first-order valence-corrected chi connectivity index (χ1v) is 14.2. The number of hydrogen-bond donors (Lipinski definition) is 1. The zero-order valence-electron chi connectivity index (χ0n) is 23.2. The Labute approximate surface area is 231 Å². The minimum absolute atomic E-state index is 0.359. The van der Waals surface area contributed by atoms with Crippen LogP contribution in [0.25, 0.3) is 10.8 Å². The molecule has 0 bridgehead atoms. The fourth-order valence-electron chi connectivity index (χ4n) is 6.34. The molecule has 0 amide bonds. The lowest BCUT2D eigenvalue weighted by molar-refractivity contribution is 0.291. The van der Waals surface area contributed by atoms with Crippen LogP contribution in [0.3, 0.4) is 0 Å². The van der Waals surface area contributed by atoms with Crippen molar-refractivity contribution in [3.8, 4) is 11.5 Å². The highest BCUT2D eigenvalue weighted by Gasteiger charge is 2.36. The number of aromatic nitrogens is 2. The zero-order valence-corrected chi connectivity index (χ0v) is 23.2. The molecule has 0 spiro atoms. The minimum atomic E-state index is 0.359. The molecular formula is C33H38N4O2. The Morgan fingerprint density at radius 3 is 2.51 bits per heavy atom. The van der Waals surface area contributed by atoms with Gasteiger partial charge in [0.2, 0.25) is 0 Å². The molecule has 2 aliphatic rings. The van der Waals surface area contributed by atoms with E-state index in [2.05, 4.69) is 72.6 Å². The molecule has 2 atom stereocenters. The minimum Gasteiger partial charge on any atom is -0.497 e. The Hall–Kier alpha value is -3.64. The van der Waals surface area contributed by atoms with Crippen LogP contribution in [0.2, 0.25) is 0 Å². The Bertz CT molecular complexity index is 1430. The average molecular weight is 523 g/mol. The van der Waals surface area contributed by atoms with Crippen molar-refractivity contribution in [2.75, 3.05) is 38.2 Å². The van der Waals surface area contributed by atoms with E-state index in [9.17, 15) is 0 Å². The molecule has 1 fully saturated rings. The first kappa shape index (κ1) is 25.6. The van der Waals surface area contributed by atoms with Gasteiger partial charge in [0.15, 0.2) is 0 Å². The smallest absolute Gasteiger partial charge is 0.135 e. The van der Waals surface area contributed by atoms with E-state index >= 15 is 0 Å². The fraction of sp³-hybridized carbons (Fsp3) is 0.394. The third-order valence-corrected chi connectivity index (χ3v) is 8.49. The summed E-state index contributed by atoms with van der Waals surface area (Å²) in [5.41, 5.74) is 5.04. The number of anilines is 1. The number of ether oxygens (including phenoxy) is 2. The second kappa shape index (κ2) is 11.2. The number of hydrogen-bond acceptors (Lipinski definition) is 6. The molecule has 6 rings (SSSR count). The molecule has 0 saturated carbocycles. The van der Waals surface area contributed by atoms with Crippen molar-refractivity contribution in [1.29, 1.82) is 0 Å². The second-order valence-corrected chi connectivity index (χ2v) is 11.2. The second-order valence-electron chi connectivity index (χ2n) is 11.2. The van der Waals surface area contributed by atoms with Crippen molar-refractivity contribution in [2.45, 2.75) is 39.2 Å². The topological polar surface area (TPSA) is 59.5 Å². The normalized spacial score (nSPS) is 19.2. The molecule has 1 saturated heterocycles. The summed E-state index contributed by atoms with van der Waals surface area (Å²) < 4.78 is 11.7. The third kappa shape index (κ3) is 5.30. The van der Waals surface area contributed by atoms with Gasteiger partial charge in [-0.1, -0.05) is 50.2 Å². The van der Waals surface area contributed by atoms with Crippen molar-refractivity contribution >= 4 is 16.6 Å². The molecule has 4 aromatic rings. The van der Waals surface area contributed by atoms with Crippen LogP contribution >= 0.6 is 0 Å². The molecule has 1 N–H and O–H groups in total. The lowest BCUT2D eigenvalue weighted by Gasteiger charge is -2.38. The van der Waals surface area contributed by atoms with Gasteiger partial charge in [0.05, 0.1) is 7.11 Å². The maximum atomic E-state index is 6.39. The van der Waals surface area contributed by atoms with Gasteiger partial charge in [-0.3, -0.25) is 0 Å². The van der Waals surface area contributed by atoms with Crippen LogP contribution in [-0.4, -0.2) is 43.3 Å². The predicted molar refractivity (Wildman–Crippen MR) is 157 cm³/mol. The monoisotopic (exact) mass is 522 g/mol. The van der Waals surface area contributed by atoms with Gasteiger partial charge in [-0.15, -0.1) is 0 Å². The van der Waals surface area contributed by atoms with Gasteiger partial charge < -0.3 is 19.7 Å². The first-order chi connectivity index (χ1) is 19.1. The number of methoxy groups -OCH3 is 1. The highest BCUT2D eigenvalue weighted by Crippen LogP contribution is 2.45. The Morgan fingerprint density at radius 1 is 0.949 bits per heavy atom. The molecule has 2 unspecified atom stereocenters. The maximum absolute atomic E-state index is 6.39. The largest absolute Gasteiger partial charge is 0.497 e. The van der Waals surface area contributed by atoms with Crippen molar-refractivity contribution < 1.29 is 9.47 Å².